The predicted molar refractivity (Wildman–Crippen MR) is 236 cm³/mol. The molecule has 0 spiro atoms. The maximum Gasteiger partial charge on any atom is 0.117 e. The summed E-state index contributed by atoms with van der Waals surface area (Å²) in [5.41, 5.74) is 19.8. The normalized spacial score (nSPS) is 15.7. The molecule has 0 heterocycles. The maximum atomic E-state index is 2.58. The second-order valence-electron chi connectivity index (χ2n) is 15.4. The number of hydrogen-bond donors (Lipinski definition) is 0. The summed E-state index contributed by atoms with van der Waals surface area (Å²) in [5, 5.41) is 2.68. The van der Waals surface area contributed by atoms with Gasteiger partial charge in [-0.3, -0.25) is 0 Å². The SMILES string of the molecule is CC1=C(C)C(C)([SiH](c2cc(-c3ccccc3)cc(-c3ccccc3)c2)c2cc(-c3ccccc3)cc(-c3ccccc3)c2)C(c2cc(C)cc(C)c2)=C1C. The Morgan fingerprint density at radius 1 is 0.333 bits per heavy atom. The lowest BCUT2D eigenvalue weighted by Crippen LogP contribution is -2.52. The van der Waals surface area contributed by atoms with Crippen molar-refractivity contribution in [1.82, 2.24) is 0 Å². The van der Waals surface area contributed by atoms with Crippen LogP contribution in [0.1, 0.15) is 44.4 Å². The van der Waals surface area contributed by atoms with Gasteiger partial charge in [0.1, 0.15) is 8.80 Å². The molecule has 0 aliphatic heterocycles. The van der Waals surface area contributed by atoms with E-state index in [9.17, 15) is 0 Å². The van der Waals surface area contributed by atoms with Gasteiger partial charge in [0.25, 0.3) is 0 Å². The van der Waals surface area contributed by atoms with Gasteiger partial charge in [0.2, 0.25) is 0 Å². The zero-order valence-corrected chi connectivity index (χ0v) is 33.5. The fraction of sp³-hybridized carbons (Fsp3) is 0.132. The second-order valence-corrected chi connectivity index (χ2v) is 18.8. The van der Waals surface area contributed by atoms with Crippen LogP contribution in [-0.2, 0) is 0 Å². The van der Waals surface area contributed by atoms with Crippen LogP contribution in [0.4, 0.5) is 0 Å². The molecule has 54 heavy (non-hydrogen) atoms. The van der Waals surface area contributed by atoms with E-state index >= 15 is 0 Å². The molecule has 7 aromatic carbocycles. The van der Waals surface area contributed by atoms with Gasteiger partial charge in [-0.1, -0.05) is 198 Å². The number of allylic oxidation sites excluding steroid dienone is 4. The first-order chi connectivity index (χ1) is 26.2. The molecule has 1 aliphatic rings. The van der Waals surface area contributed by atoms with Crippen molar-refractivity contribution in [3.05, 3.63) is 209 Å². The molecule has 0 radical (unpaired) electrons. The molecule has 1 unspecified atom stereocenters. The van der Waals surface area contributed by atoms with Crippen LogP contribution in [0.25, 0.3) is 50.1 Å². The number of hydrogen-bond acceptors (Lipinski definition) is 0. The molecule has 0 saturated heterocycles. The topological polar surface area (TPSA) is 0 Å². The van der Waals surface area contributed by atoms with Gasteiger partial charge in [0.05, 0.1) is 0 Å². The van der Waals surface area contributed by atoms with Crippen LogP contribution in [0.5, 0.6) is 0 Å². The quantitative estimate of drug-likeness (QED) is 0.138. The van der Waals surface area contributed by atoms with E-state index in [4.69, 9.17) is 0 Å². The first-order valence-electron chi connectivity index (χ1n) is 19.2. The molecule has 0 saturated carbocycles. The zero-order chi connectivity index (χ0) is 37.4. The Morgan fingerprint density at radius 3 is 1.00 bits per heavy atom. The zero-order valence-electron chi connectivity index (χ0n) is 32.3. The fourth-order valence-electron chi connectivity index (χ4n) is 9.12. The minimum Gasteiger partial charge on any atom is -0.0622 e. The number of benzene rings is 7. The van der Waals surface area contributed by atoms with Crippen molar-refractivity contribution in [2.24, 2.45) is 0 Å². The van der Waals surface area contributed by atoms with Gasteiger partial charge < -0.3 is 0 Å². The molecule has 8 rings (SSSR count). The molecule has 264 valence electrons. The van der Waals surface area contributed by atoms with Gasteiger partial charge in [-0.15, -0.1) is 0 Å². The van der Waals surface area contributed by atoms with Crippen molar-refractivity contribution < 1.29 is 0 Å². The van der Waals surface area contributed by atoms with Crippen LogP contribution >= 0.6 is 0 Å². The largest absolute Gasteiger partial charge is 0.117 e. The Labute approximate surface area is 323 Å². The van der Waals surface area contributed by atoms with Gasteiger partial charge in [-0.2, -0.15) is 0 Å². The summed E-state index contributed by atoms with van der Waals surface area (Å²) in [5.74, 6) is 0. The van der Waals surface area contributed by atoms with E-state index in [2.05, 4.69) is 217 Å². The Morgan fingerprint density at radius 2 is 0.667 bits per heavy atom. The molecular formula is C53H48Si. The van der Waals surface area contributed by atoms with Gasteiger partial charge >= 0.3 is 0 Å². The van der Waals surface area contributed by atoms with E-state index in [0.717, 1.165) is 0 Å². The summed E-state index contributed by atoms with van der Waals surface area (Å²) >= 11 is 0. The van der Waals surface area contributed by atoms with Crippen LogP contribution in [0.3, 0.4) is 0 Å². The smallest absolute Gasteiger partial charge is 0.0622 e. The van der Waals surface area contributed by atoms with Crippen LogP contribution in [0.15, 0.2) is 193 Å². The minimum atomic E-state index is -2.23. The fourth-order valence-corrected chi connectivity index (χ4v) is 13.5. The van der Waals surface area contributed by atoms with Crippen molar-refractivity contribution >= 4 is 24.7 Å². The van der Waals surface area contributed by atoms with Gasteiger partial charge in [0.15, 0.2) is 0 Å². The number of aryl methyl sites for hydroxylation is 2. The van der Waals surface area contributed by atoms with E-state index in [1.54, 1.807) is 0 Å². The van der Waals surface area contributed by atoms with E-state index in [1.807, 2.05) is 0 Å². The Hall–Kier alpha value is -5.76. The van der Waals surface area contributed by atoms with Crippen LogP contribution in [-0.4, -0.2) is 8.80 Å². The molecule has 7 aromatic rings. The van der Waals surface area contributed by atoms with E-state index < -0.39 is 8.80 Å². The minimum absolute atomic E-state index is 0.221. The third-order valence-corrected chi connectivity index (χ3v) is 15.8. The highest BCUT2D eigenvalue weighted by molar-refractivity contribution is 6.90. The third-order valence-electron chi connectivity index (χ3n) is 11.9. The summed E-state index contributed by atoms with van der Waals surface area (Å²) in [7, 11) is -2.23. The molecule has 1 aliphatic carbocycles. The highest BCUT2D eigenvalue weighted by Crippen LogP contribution is 2.58. The van der Waals surface area contributed by atoms with Crippen LogP contribution in [0, 0.1) is 13.8 Å². The molecule has 0 amide bonds. The van der Waals surface area contributed by atoms with Crippen molar-refractivity contribution in [1.29, 1.82) is 0 Å². The first-order valence-corrected chi connectivity index (χ1v) is 20.9. The van der Waals surface area contributed by atoms with Crippen molar-refractivity contribution in [3.8, 4) is 44.5 Å². The first kappa shape index (κ1) is 35.3. The molecule has 0 nitrogen and oxygen atoms in total. The van der Waals surface area contributed by atoms with Crippen LogP contribution in [0.2, 0.25) is 5.04 Å². The molecule has 0 bridgehead atoms. The maximum absolute atomic E-state index is 2.58. The average molecular weight is 713 g/mol. The highest BCUT2D eigenvalue weighted by atomic mass is 28.3. The summed E-state index contributed by atoms with van der Waals surface area (Å²) in [6, 6.07) is 65.9. The summed E-state index contributed by atoms with van der Waals surface area (Å²) in [4.78, 5) is 0. The van der Waals surface area contributed by atoms with E-state index in [1.165, 1.54) is 93.9 Å². The lowest BCUT2D eigenvalue weighted by molar-refractivity contribution is 0.901. The average Bonchev–Trinajstić information content (AvgIpc) is 3.37. The Bertz CT molecular complexity index is 2260. The van der Waals surface area contributed by atoms with E-state index in [0.29, 0.717) is 0 Å². The molecule has 1 atom stereocenters. The second kappa shape index (κ2) is 14.6. The van der Waals surface area contributed by atoms with Crippen molar-refractivity contribution in [2.75, 3.05) is 0 Å². The molecule has 0 aromatic heterocycles. The van der Waals surface area contributed by atoms with Crippen molar-refractivity contribution in [3.63, 3.8) is 0 Å². The van der Waals surface area contributed by atoms with Gasteiger partial charge in [-0.05, 0) is 114 Å². The number of rotatable bonds is 8. The Balaban J connectivity index is 1.49. The monoisotopic (exact) mass is 712 g/mol. The lowest BCUT2D eigenvalue weighted by Gasteiger charge is -2.40. The van der Waals surface area contributed by atoms with E-state index in [-0.39, 0.29) is 5.04 Å². The molecular weight excluding hydrogens is 665 g/mol. The van der Waals surface area contributed by atoms with Crippen molar-refractivity contribution in [2.45, 2.75) is 46.6 Å². The summed E-state index contributed by atoms with van der Waals surface area (Å²) < 4.78 is 0. The van der Waals surface area contributed by atoms with Gasteiger partial charge in [0, 0.05) is 5.04 Å². The highest BCUT2D eigenvalue weighted by Gasteiger charge is 2.48. The summed E-state index contributed by atoms with van der Waals surface area (Å²) in [6.45, 7) is 14.2. The molecule has 0 N–H and O–H groups in total. The Kier molecular flexibility index (Phi) is 9.52. The predicted octanol–water partition coefficient (Wildman–Crippen LogP) is 12.9. The third kappa shape index (κ3) is 6.54. The lowest BCUT2D eigenvalue weighted by atomic mass is 9.89. The van der Waals surface area contributed by atoms with Crippen LogP contribution < -0.4 is 10.4 Å². The summed E-state index contributed by atoms with van der Waals surface area (Å²) in [6.07, 6.45) is 0. The molecule has 1 heteroatoms. The molecule has 0 fully saturated rings. The standard InChI is InChI=1S/C53H48Si/c1-36-27-37(2)29-49(28-36)52-39(4)38(3)40(5)53(52,6)54(50-32-45(41-19-11-7-12-20-41)30-46(33-50)42-21-13-8-14-22-42)51-34-47(43-23-15-9-16-24-43)31-48(35-51)44-25-17-10-18-26-44/h7-35,54H,1-6H3. The van der Waals surface area contributed by atoms with Gasteiger partial charge in [-0.25, -0.2) is 0 Å².